The smallest absolute Gasteiger partial charge is 0.0931 e. The van der Waals surface area contributed by atoms with Crippen molar-refractivity contribution in [3.05, 3.63) is 17.4 Å². The van der Waals surface area contributed by atoms with Crippen molar-refractivity contribution in [3.63, 3.8) is 0 Å². The molecule has 3 rings (SSSR count). The van der Waals surface area contributed by atoms with Gasteiger partial charge in [-0.3, -0.25) is 9.58 Å². The largest absolute Gasteiger partial charge is 0.377 e. The summed E-state index contributed by atoms with van der Waals surface area (Å²) in [6, 6.07) is 0. The van der Waals surface area contributed by atoms with Gasteiger partial charge in [-0.2, -0.15) is 5.10 Å². The van der Waals surface area contributed by atoms with E-state index in [4.69, 9.17) is 21.1 Å². The van der Waals surface area contributed by atoms with Crippen molar-refractivity contribution in [1.29, 1.82) is 0 Å². The normalized spacial score (nSPS) is 26.7. The molecule has 112 valence electrons. The van der Waals surface area contributed by atoms with E-state index in [1.165, 1.54) is 12.8 Å². The van der Waals surface area contributed by atoms with Crippen molar-refractivity contribution in [1.82, 2.24) is 14.7 Å². The molecule has 0 N–H and O–H groups in total. The van der Waals surface area contributed by atoms with E-state index < -0.39 is 0 Å². The second-order valence-electron chi connectivity index (χ2n) is 5.65. The first-order chi connectivity index (χ1) is 9.79. The summed E-state index contributed by atoms with van der Waals surface area (Å²) in [5, 5.41) is 4.95. The van der Waals surface area contributed by atoms with Crippen LogP contribution in [0.2, 0.25) is 5.02 Å². The van der Waals surface area contributed by atoms with Gasteiger partial charge in [-0.25, -0.2) is 0 Å². The summed E-state index contributed by atoms with van der Waals surface area (Å²) in [6.07, 6.45) is 8.89. The molecule has 2 unspecified atom stereocenters. The zero-order chi connectivity index (χ0) is 13.8. The summed E-state index contributed by atoms with van der Waals surface area (Å²) >= 11 is 5.93. The second-order valence-corrected chi connectivity index (χ2v) is 6.08. The number of rotatable bonds is 6. The fraction of sp³-hybridized carbons (Fsp3) is 0.786. The Morgan fingerprint density at radius 2 is 1.85 bits per heavy atom. The van der Waals surface area contributed by atoms with Gasteiger partial charge in [-0.15, -0.1) is 0 Å². The van der Waals surface area contributed by atoms with Crippen LogP contribution < -0.4 is 0 Å². The topological polar surface area (TPSA) is 39.5 Å². The maximum atomic E-state index is 5.93. The van der Waals surface area contributed by atoms with Crippen LogP contribution in [0.25, 0.3) is 0 Å². The number of ether oxygens (including phenoxy) is 2. The molecule has 0 aromatic carbocycles. The summed E-state index contributed by atoms with van der Waals surface area (Å²) < 4.78 is 13.4. The molecule has 2 aliphatic heterocycles. The molecule has 6 heteroatoms. The maximum absolute atomic E-state index is 5.93. The van der Waals surface area contributed by atoms with Gasteiger partial charge in [0.05, 0.1) is 30.1 Å². The van der Waals surface area contributed by atoms with Crippen molar-refractivity contribution in [3.8, 4) is 0 Å². The molecule has 20 heavy (non-hydrogen) atoms. The van der Waals surface area contributed by atoms with E-state index in [0.717, 1.165) is 45.8 Å². The van der Waals surface area contributed by atoms with E-state index in [1.54, 1.807) is 6.20 Å². The fourth-order valence-electron chi connectivity index (χ4n) is 2.96. The minimum Gasteiger partial charge on any atom is -0.377 e. The SMILES string of the molecule is Clc1cnn(CN(CC2CCCO2)CC2CCCO2)c1. The van der Waals surface area contributed by atoms with Gasteiger partial charge < -0.3 is 9.47 Å². The van der Waals surface area contributed by atoms with Crippen LogP contribution in [0.1, 0.15) is 25.7 Å². The zero-order valence-corrected chi connectivity index (χ0v) is 12.5. The van der Waals surface area contributed by atoms with E-state index in [9.17, 15) is 0 Å². The molecule has 0 bridgehead atoms. The lowest BCUT2D eigenvalue weighted by Crippen LogP contribution is -2.39. The lowest BCUT2D eigenvalue weighted by Gasteiger charge is -2.27. The predicted molar refractivity (Wildman–Crippen MR) is 76.8 cm³/mol. The molecular weight excluding hydrogens is 278 g/mol. The van der Waals surface area contributed by atoms with Gasteiger partial charge in [0.1, 0.15) is 0 Å². The molecule has 3 heterocycles. The first kappa shape index (κ1) is 14.3. The number of hydrogen-bond donors (Lipinski definition) is 0. The van der Waals surface area contributed by atoms with Crippen molar-refractivity contribution >= 4 is 11.6 Å². The minimum absolute atomic E-state index is 0.349. The van der Waals surface area contributed by atoms with Crippen LogP contribution in [0.4, 0.5) is 0 Å². The molecule has 2 aliphatic rings. The molecule has 2 atom stereocenters. The van der Waals surface area contributed by atoms with Gasteiger partial charge in [-0.1, -0.05) is 11.6 Å². The van der Waals surface area contributed by atoms with E-state index in [0.29, 0.717) is 17.2 Å². The van der Waals surface area contributed by atoms with Crippen molar-refractivity contribution < 1.29 is 9.47 Å². The van der Waals surface area contributed by atoms with Gasteiger partial charge in [-0.05, 0) is 25.7 Å². The average Bonchev–Trinajstić information content (AvgIpc) is 3.13. The van der Waals surface area contributed by atoms with Crippen LogP contribution in [-0.2, 0) is 16.1 Å². The van der Waals surface area contributed by atoms with Crippen LogP contribution in [0.15, 0.2) is 12.4 Å². The van der Waals surface area contributed by atoms with Gasteiger partial charge in [0.15, 0.2) is 0 Å². The molecule has 1 aromatic rings. The second kappa shape index (κ2) is 6.89. The van der Waals surface area contributed by atoms with Crippen molar-refractivity contribution in [2.45, 2.75) is 44.6 Å². The van der Waals surface area contributed by atoms with E-state index >= 15 is 0 Å². The van der Waals surface area contributed by atoms with Gasteiger partial charge in [0.25, 0.3) is 0 Å². The molecule has 0 aliphatic carbocycles. The number of hydrogen-bond acceptors (Lipinski definition) is 4. The summed E-state index contributed by atoms with van der Waals surface area (Å²) in [5.41, 5.74) is 0. The van der Waals surface area contributed by atoms with Crippen LogP contribution >= 0.6 is 11.6 Å². The van der Waals surface area contributed by atoms with E-state index in [2.05, 4.69) is 10.00 Å². The molecule has 2 saturated heterocycles. The number of nitrogens with zero attached hydrogens (tertiary/aromatic N) is 3. The molecule has 0 spiro atoms. The highest BCUT2D eigenvalue weighted by Crippen LogP contribution is 2.18. The summed E-state index contributed by atoms with van der Waals surface area (Å²) in [4.78, 5) is 2.37. The third-order valence-electron chi connectivity index (χ3n) is 3.92. The average molecular weight is 300 g/mol. The first-order valence-electron chi connectivity index (χ1n) is 7.43. The van der Waals surface area contributed by atoms with Crippen LogP contribution in [0, 0.1) is 0 Å². The van der Waals surface area contributed by atoms with Crippen LogP contribution in [0.5, 0.6) is 0 Å². The molecule has 0 amide bonds. The standard InChI is InChI=1S/C14H22ClN3O2/c15-12-7-16-18(8-12)11-17(9-13-3-1-5-19-13)10-14-4-2-6-20-14/h7-8,13-14H,1-6,9-11H2. The Kier molecular flexibility index (Phi) is 4.94. The zero-order valence-electron chi connectivity index (χ0n) is 11.7. The van der Waals surface area contributed by atoms with E-state index in [1.807, 2.05) is 10.9 Å². The molecule has 5 nitrogen and oxygen atoms in total. The number of halogens is 1. The van der Waals surface area contributed by atoms with Gasteiger partial charge in [0.2, 0.25) is 0 Å². The van der Waals surface area contributed by atoms with E-state index in [-0.39, 0.29) is 0 Å². The molecular formula is C14H22ClN3O2. The molecule has 1 aromatic heterocycles. The Bertz CT molecular complexity index is 396. The highest BCUT2D eigenvalue weighted by atomic mass is 35.5. The summed E-state index contributed by atoms with van der Waals surface area (Å²) in [7, 11) is 0. The Labute approximate surface area is 124 Å². The van der Waals surface area contributed by atoms with Crippen LogP contribution in [-0.4, -0.2) is 53.2 Å². The lowest BCUT2D eigenvalue weighted by molar-refractivity contribution is 0.0238. The van der Waals surface area contributed by atoms with Crippen molar-refractivity contribution in [2.75, 3.05) is 26.3 Å². The fourth-order valence-corrected chi connectivity index (χ4v) is 3.12. The monoisotopic (exact) mass is 299 g/mol. The third kappa shape index (κ3) is 3.95. The predicted octanol–water partition coefficient (Wildman–Crippen LogP) is 2.15. The van der Waals surface area contributed by atoms with Gasteiger partial charge in [0, 0.05) is 32.5 Å². The first-order valence-corrected chi connectivity index (χ1v) is 7.81. The highest BCUT2D eigenvalue weighted by molar-refractivity contribution is 6.30. The minimum atomic E-state index is 0.349. The summed E-state index contributed by atoms with van der Waals surface area (Å²) in [6.45, 7) is 4.42. The van der Waals surface area contributed by atoms with Crippen molar-refractivity contribution in [2.24, 2.45) is 0 Å². The summed E-state index contributed by atoms with van der Waals surface area (Å²) in [5.74, 6) is 0. The highest BCUT2D eigenvalue weighted by Gasteiger charge is 2.24. The molecule has 2 fully saturated rings. The van der Waals surface area contributed by atoms with Gasteiger partial charge >= 0.3 is 0 Å². The molecule has 0 radical (unpaired) electrons. The number of aromatic nitrogens is 2. The third-order valence-corrected chi connectivity index (χ3v) is 4.11. The Hall–Kier alpha value is -0.620. The maximum Gasteiger partial charge on any atom is 0.0931 e. The lowest BCUT2D eigenvalue weighted by atomic mass is 10.2. The Morgan fingerprint density at radius 3 is 2.30 bits per heavy atom. The van der Waals surface area contributed by atoms with Crippen LogP contribution in [0.3, 0.4) is 0 Å². The quantitative estimate of drug-likeness (QED) is 0.807. The Balaban J connectivity index is 1.58. The Morgan fingerprint density at radius 1 is 1.20 bits per heavy atom. The molecule has 0 saturated carbocycles.